The molecule has 1 aromatic carbocycles. The molecule has 0 bridgehead atoms. The molecule has 4 nitrogen and oxygen atoms in total. The number of benzene rings is 1. The second-order valence-corrected chi connectivity index (χ2v) is 4.69. The second kappa shape index (κ2) is 4.46. The van der Waals surface area contributed by atoms with E-state index in [4.69, 9.17) is 4.52 Å². The number of aliphatic hydroxyl groups is 1. The average Bonchev–Trinajstić information content (AvgIpc) is 2.79. The van der Waals surface area contributed by atoms with Crippen molar-refractivity contribution in [1.29, 1.82) is 0 Å². The molecule has 0 saturated heterocycles. The van der Waals surface area contributed by atoms with Gasteiger partial charge in [0.2, 0.25) is 0 Å². The Kier molecular flexibility index (Phi) is 2.80. The Balaban J connectivity index is 1.91. The second-order valence-electron chi connectivity index (χ2n) is 4.69. The number of hydrogen-bond donors (Lipinski definition) is 1. The Morgan fingerprint density at radius 3 is 3.06 bits per heavy atom. The molecule has 1 unspecified atom stereocenters. The minimum absolute atomic E-state index is 0.346. The Bertz CT molecular complexity index is 550. The van der Waals surface area contributed by atoms with E-state index < -0.39 is 0 Å². The summed E-state index contributed by atoms with van der Waals surface area (Å²) in [5.74, 6) is 0.860. The highest BCUT2D eigenvalue weighted by molar-refractivity contribution is 5.56. The first-order chi connectivity index (χ1) is 8.75. The van der Waals surface area contributed by atoms with Crippen molar-refractivity contribution in [2.45, 2.75) is 26.0 Å². The molecular weight excluding hydrogens is 228 g/mol. The van der Waals surface area contributed by atoms with Gasteiger partial charge in [-0.05, 0) is 19.4 Å². The van der Waals surface area contributed by atoms with Gasteiger partial charge in [-0.2, -0.15) is 0 Å². The fraction of sp³-hybridized carbons (Fsp3) is 0.357. The lowest BCUT2D eigenvalue weighted by Crippen LogP contribution is -2.30. The number of hydrogen-bond acceptors (Lipinski definition) is 4. The third kappa shape index (κ3) is 1.88. The zero-order valence-electron chi connectivity index (χ0n) is 10.3. The Labute approximate surface area is 106 Å². The zero-order chi connectivity index (χ0) is 12.5. The first-order valence-corrected chi connectivity index (χ1v) is 6.18. The van der Waals surface area contributed by atoms with Gasteiger partial charge in [0.25, 0.3) is 0 Å². The Hall–Kier alpha value is -1.81. The third-order valence-electron chi connectivity index (χ3n) is 3.52. The number of aryl methyl sites for hydroxylation is 1. The van der Waals surface area contributed by atoms with Gasteiger partial charge in [-0.15, -0.1) is 0 Å². The number of fused-ring (bicyclic) bond motifs is 1. The van der Waals surface area contributed by atoms with E-state index in [9.17, 15) is 5.11 Å². The van der Waals surface area contributed by atoms with Crippen molar-refractivity contribution < 1.29 is 9.63 Å². The van der Waals surface area contributed by atoms with E-state index in [1.807, 2.05) is 25.1 Å². The van der Waals surface area contributed by atoms with Crippen molar-refractivity contribution in [3.63, 3.8) is 0 Å². The highest BCUT2D eigenvalue weighted by Gasteiger charge is 2.23. The lowest BCUT2D eigenvalue weighted by molar-refractivity contribution is 0.164. The van der Waals surface area contributed by atoms with Crippen LogP contribution in [-0.2, 0) is 6.54 Å². The van der Waals surface area contributed by atoms with Crippen molar-refractivity contribution >= 4 is 5.69 Å². The molecule has 3 rings (SSSR count). The molecule has 2 heterocycles. The first-order valence-electron chi connectivity index (χ1n) is 6.18. The van der Waals surface area contributed by atoms with Gasteiger partial charge >= 0.3 is 0 Å². The molecule has 4 heteroatoms. The Morgan fingerprint density at radius 1 is 1.44 bits per heavy atom. The molecule has 1 atom stereocenters. The maximum Gasteiger partial charge on any atom is 0.138 e. The summed E-state index contributed by atoms with van der Waals surface area (Å²) in [4.78, 5) is 2.27. The number of aliphatic hydroxyl groups excluding tert-OH is 1. The van der Waals surface area contributed by atoms with Crippen LogP contribution in [0.1, 0.15) is 29.4 Å². The fourth-order valence-electron chi connectivity index (χ4n) is 2.45. The number of para-hydroxylation sites is 1. The van der Waals surface area contributed by atoms with E-state index in [1.165, 1.54) is 0 Å². The molecule has 1 aliphatic heterocycles. The van der Waals surface area contributed by atoms with Gasteiger partial charge in [0, 0.05) is 29.9 Å². The van der Waals surface area contributed by atoms with Crippen LogP contribution in [-0.4, -0.2) is 16.8 Å². The van der Waals surface area contributed by atoms with Crippen molar-refractivity contribution in [3.05, 3.63) is 47.3 Å². The number of nitrogens with zero attached hydrogens (tertiary/aromatic N) is 2. The highest BCUT2D eigenvalue weighted by Crippen LogP contribution is 2.34. The normalized spacial score (nSPS) is 18.8. The van der Waals surface area contributed by atoms with Crippen LogP contribution in [0.3, 0.4) is 0 Å². The summed E-state index contributed by atoms with van der Waals surface area (Å²) in [6, 6.07) is 8.02. The summed E-state index contributed by atoms with van der Waals surface area (Å²) < 4.78 is 5.09. The molecule has 0 fully saturated rings. The standard InChI is InChI=1S/C14H16N2O2/c1-10-11(8-15-18-10)9-16-7-6-14(17)12-4-2-3-5-13(12)16/h2-5,8,14,17H,6-7,9H2,1H3. The van der Waals surface area contributed by atoms with Gasteiger partial charge in [-0.25, -0.2) is 0 Å². The Morgan fingerprint density at radius 2 is 2.28 bits per heavy atom. The summed E-state index contributed by atoms with van der Waals surface area (Å²) in [7, 11) is 0. The topological polar surface area (TPSA) is 49.5 Å². The van der Waals surface area contributed by atoms with E-state index in [1.54, 1.807) is 6.20 Å². The number of anilines is 1. The number of aromatic nitrogens is 1. The molecule has 1 aliphatic rings. The highest BCUT2D eigenvalue weighted by atomic mass is 16.5. The minimum atomic E-state index is -0.346. The molecule has 0 amide bonds. The summed E-state index contributed by atoms with van der Waals surface area (Å²) in [6.45, 7) is 3.55. The van der Waals surface area contributed by atoms with E-state index in [2.05, 4.69) is 16.1 Å². The van der Waals surface area contributed by atoms with Crippen LogP contribution in [0.2, 0.25) is 0 Å². The number of rotatable bonds is 2. The monoisotopic (exact) mass is 244 g/mol. The predicted molar refractivity (Wildman–Crippen MR) is 68.3 cm³/mol. The largest absolute Gasteiger partial charge is 0.388 e. The van der Waals surface area contributed by atoms with Crippen LogP contribution in [0.5, 0.6) is 0 Å². The van der Waals surface area contributed by atoms with Crippen LogP contribution >= 0.6 is 0 Å². The van der Waals surface area contributed by atoms with E-state index >= 15 is 0 Å². The molecule has 1 N–H and O–H groups in total. The molecule has 1 aromatic heterocycles. The maximum atomic E-state index is 10.0. The molecule has 94 valence electrons. The fourth-order valence-corrected chi connectivity index (χ4v) is 2.45. The van der Waals surface area contributed by atoms with Crippen molar-refractivity contribution in [2.75, 3.05) is 11.4 Å². The summed E-state index contributed by atoms with van der Waals surface area (Å²) in [5, 5.41) is 13.8. The molecule has 0 aliphatic carbocycles. The molecular formula is C14H16N2O2. The van der Waals surface area contributed by atoms with Crippen LogP contribution in [0, 0.1) is 6.92 Å². The van der Waals surface area contributed by atoms with Crippen LogP contribution < -0.4 is 4.90 Å². The smallest absolute Gasteiger partial charge is 0.138 e. The lowest BCUT2D eigenvalue weighted by Gasteiger charge is -2.33. The van der Waals surface area contributed by atoms with Gasteiger partial charge in [0.1, 0.15) is 5.76 Å². The van der Waals surface area contributed by atoms with Crippen molar-refractivity contribution in [2.24, 2.45) is 0 Å². The van der Waals surface area contributed by atoms with Gasteiger partial charge in [0.05, 0.1) is 12.3 Å². The van der Waals surface area contributed by atoms with Gasteiger partial charge in [-0.3, -0.25) is 0 Å². The first kappa shape index (κ1) is 11.3. The SMILES string of the molecule is Cc1oncc1CN1CCC(O)c2ccccc21. The lowest BCUT2D eigenvalue weighted by atomic mass is 9.98. The van der Waals surface area contributed by atoms with Crippen LogP contribution in [0.15, 0.2) is 35.0 Å². The van der Waals surface area contributed by atoms with E-state index in [-0.39, 0.29) is 6.10 Å². The third-order valence-corrected chi connectivity index (χ3v) is 3.52. The molecule has 0 spiro atoms. The summed E-state index contributed by atoms with van der Waals surface area (Å²) in [5.41, 5.74) is 3.22. The average molecular weight is 244 g/mol. The maximum absolute atomic E-state index is 10.0. The van der Waals surface area contributed by atoms with E-state index in [0.717, 1.165) is 42.1 Å². The van der Waals surface area contributed by atoms with Crippen molar-refractivity contribution in [1.82, 2.24) is 5.16 Å². The van der Waals surface area contributed by atoms with Gasteiger partial charge in [-0.1, -0.05) is 23.4 Å². The quantitative estimate of drug-likeness (QED) is 0.881. The molecule has 0 saturated carbocycles. The van der Waals surface area contributed by atoms with Crippen LogP contribution in [0.25, 0.3) is 0 Å². The van der Waals surface area contributed by atoms with Crippen LogP contribution in [0.4, 0.5) is 5.69 Å². The molecule has 2 aromatic rings. The molecule has 18 heavy (non-hydrogen) atoms. The minimum Gasteiger partial charge on any atom is -0.388 e. The van der Waals surface area contributed by atoms with Gasteiger partial charge in [0.15, 0.2) is 0 Å². The zero-order valence-corrected chi connectivity index (χ0v) is 10.3. The summed E-state index contributed by atoms with van der Waals surface area (Å²) >= 11 is 0. The molecule has 0 radical (unpaired) electrons. The van der Waals surface area contributed by atoms with Gasteiger partial charge < -0.3 is 14.5 Å². The van der Waals surface area contributed by atoms with Crippen molar-refractivity contribution in [3.8, 4) is 0 Å². The summed E-state index contributed by atoms with van der Waals surface area (Å²) in [6.07, 6.45) is 2.19. The predicted octanol–water partition coefficient (Wildman–Crippen LogP) is 2.43. The van der Waals surface area contributed by atoms with E-state index in [0.29, 0.717) is 0 Å².